The molecular formula is C11H8BrFN2O4. The number of carboxylic acid groups (broad SMARTS) is 1. The standard InChI is InChI=1S/C11H8BrFN2O4/c12-8-3-6(13)1-2-7(8)11-15-14-9(19-11)4-18-5-10(16)17/h1-3H,4-5H2,(H,16,17). The molecule has 0 saturated carbocycles. The normalized spacial score (nSPS) is 10.6. The van der Waals surface area contributed by atoms with E-state index in [1.165, 1.54) is 18.2 Å². The first-order valence-electron chi connectivity index (χ1n) is 5.13. The fourth-order valence-corrected chi connectivity index (χ4v) is 1.83. The molecule has 8 heteroatoms. The number of aromatic nitrogens is 2. The quantitative estimate of drug-likeness (QED) is 0.904. The molecule has 2 aromatic rings. The molecule has 0 aliphatic carbocycles. The zero-order chi connectivity index (χ0) is 13.8. The largest absolute Gasteiger partial charge is 0.480 e. The second-order valence-electron chi connectivity index (χ2n) is 3.51. The van der Waals surface area contributed by atoms with Crippen molar-refractivity contribution in [1.82, 2.24) is 10.2 Å². The fraction of sp³-hybridized carbons (Fsp3) is 0.182. The van der Waals surface area contributed by atoms with Gasteiger partial charge in [-0.25, -0.2) is 9.18 Å². The van der Waals surface area contributed by atoms with E-state index in [0.29, 0.717) is 10.0 Å². The van der Waals surface area contributed by atoms with Crippen molar-refractivity contribution in [3.05, 3.63) is 34.4 Å². The van der Waals surface area contributed by atoms with E-state index in [0.717, 1.165) is 0 Å². The van der Waals surface area contributed by atoms with Crippen molar-refractivity contribution in [2.45, 2.75) is 6.61 Å². The number of carbonyl (C=O) groups is 1. The van der Waals surface area contributed by atoms with Crippen LogP contribution in [-0.4, -0.2) is 27.9 Å². The Balaban J connectivity index is 2.10. The maximum Gasteiger partial charge on any atom is 0.329 e. The summed E-state index contributed by atoms with van der Waals surface area (Å²) in [5.74, 6) is -1.13. The molecule has 0 unspecified atom stereocenters. The first-order valence-corrected chi connectivity index (χ1v) is 5.93. The summed E-state index contributed by atoms with van der Waals surface area (Å²) in [5, 5.41) is 15.9. The summed E-state index contributed by atoms with van der Waals surface area (Å²) < 4.78 is 23.5. The van der Waals surface area contributed by atoms with Crippen molar-refractivity contribution < 1.29 is 23.4 Å². The van der Waals surface area contributed by atoms with Crippen LogP contribution in [-0.2, 0) is 16.1 Å². The molecule has 1 N–H and O–H groups in total. The van der Waals surface area contributed by atoms with Gasteiger partial charge in [-0.2, -0.15) is 0 Å². The van der Waals surface area contributed by atoms with Crippen molar-refractivity contribution in [3.63, 3.8) is 0 Å². The lowest BCUT2D eigenvalue weighted by atomic mass is 10.2. The van der Waals surface area contributed by atoms with Gasteiger partial charge in [0.1, 0.15) is 19.0 Å². The van der Waals surface area contributed by atoms with Crippen molar-refractivity contribution >= 4 is 21.9 Å². The predicted molar refractivity (Wildman–Crippen MR) is 64.7 cm³/mol. The highest BCUT2D eigenvalue weighted by molar-refractivity contribution is 9.10. The van der Waals surface area contributed by atoms with Gasteiger partial charge in [0.2, 0.25) is 11.8 Å². The average molecular weight is 331 g/mol. The number of hydrogen-bond donors (Lipinski definition) is 1. The molecule has 1 aromatic heterocycles. The first kappa shape index (κ1) is 13.6. The lowest BCUT2D eigenvalue weighted by Gasteiger charge is -1.99. The van der Waals surface area contributed by atoms with Crippen LogP contribution in [0.15, 0.2) is 27.1 Å². The topological polar surface area (TPSA) is 85.5 Å². The minimum absolute atomic E-state index is 0.0991. The van der Waals surface area contributed by atoms with E-state index in [4.69, 9.17) is 14.3 Å². The molecule has 2 rings (SSSR count). The number of hydrogen-bond acceptors (Lipinski definition) is 5. The van der Waals surface area contributed by atoms with E-state index < -0.39 is 12.6 Å². The van der Waals surface area contributed by atoms with Crippen molar-refractivity contribution in [1.29, 1.82) is 0 Å². The number of nitrogens with zero attached hydrogens (tertiary/aromatic N) is 2. The van der Waals surface area contributed by atoms with Gasteiger partial charge >= 0.3 is 5.97 Å². The molecule has 19 heavy (non-hydrogen) atoms. The van der Waals surface area contributed by atoms with E-state index >= 15 is 0 Å². The Hall–Kier alpha value is -1.80. The Morgan fingerprint density at radius 2 is 2.26 bits per heavy atom. The van der Waals surface area contributed by atoms with Gasteiger partial charge in [0.15, 0.2) is 0 Å². The zero-order valence-corrected chi connectivity index (χ0v) is 11.1. The summed E-state index contributed by atoms with van der Waals surface area (Å²) in [4.78, 5) is 10.3. The Bertz CT molecular complexity index is 602. The monoisotopic (exact) mass is 330 g/mol. The highest BCUT2D eigenvalue weighted by Gasteiger charge is 2.12. The first-order chi connectivity index (χ1) is 9.06. The number of carboxylic acids is 1. The van der Waals surface area contributed by atoms with Crippen LogP contribution >= 0.6 is 15.9 Å². The van der Waals surface area contributed by atoms with E-state index in [-0.39, 0.29) is 24.2 Å². The molecule has 1 heterocycles. The number of aliphatic carboxylic acids is 1. The summed E-state index contributed by atoms with van der Waals surface area (Å²) in [6, 6.07) is 4.04. The molecule has 0 amide bonds. The third kappa shape index (κ3) is 3.58. The summed E-state index contributed by atoms with van der Waals surface area (Å²) >= 11 is 3.19. The molecule has 6 nitrogen and oxygen atoms in total. The van der Waals surface area contributed by atoms with Gasteiger partial charge in [-0.3, -0.25) is 0 Å². The van der Waals surface area contributed by atoms with Crippen molar-refractivity contribution in [2.24, 2.45) is 0 Å². The molecule has 0 atom stereocenters. The van der Waals surface area contributed by atoms with E-state index in [9.17, 15) is 9.18 Å². The van der Waals surface area contributed by atoms with E-state index in [1.807, 2.05) is 0 Å². The van der Waals surface area contributed by atoms with Crippen molar-refractivity contribution in [3.8, 4) is 11.5 Å². The maximum absolute atomic E-state index is 12.9. The predicted octanol–water partition coefficient (Wildman–Crippen LogP) is 2.24. The SMILES string of the molecule is O=C(O)COCc1nnc(-c2ccc(F)cc2Br)o1. The lowest BCUT2D eigenvalue weighted by Crippen LogP contribution is -2.06. The number of benzene rings is 1. The van der Waals surface area contributed by atoms with Gasteiger partial charge < -0.3 is 14.3 Å². The molecule has 0 spiro atoms. The van der Waals surface area contributed by atoms with E-state index in [1.54, 1.807) is 0 Å². The minimum Gasteiger partial charge on any atom is -0.480 e. The van der Waals surface area contributed by atoms with Gasteiger partial charge in [-0.05, 0) is 34.1 Å². The number of halogens is 2. The highest BCUT2D eigenvalue weighted by Crippen LogP contribution is 2.27. The van der Waals surface area contributed by atoms with Crippen LogP contribution < -0.4 is 0 Å². The molecule has 0 fully saturated rings. The Morgan fingerprint density at radius 3 is 2.95 bits per heavy atom. The van der Waals surface area contributed by atoms with Crippen LogP contribution in [0.4, 0.5) is 4.39 Å². The molecule has 0 aliphatic heterocycles. The third-order valence-electron chi connectivity index (χ3n) is 2.08. The third-order valence-corrected chi connectivity index (χ3v) is 2.74. The second-order valence-corrected chi connectivity index (χ2v) is 4.37. The Morgan fingerprint density at radius 1 is 1.47 bits per heavy atom. The molecule has 100 valence electrons. The molecule has 0 saturated heterocycles. The lowest BCUT2D eigenvalue weighted by molar-refractivity contribution is -0.142. The summed E-state index contributed by atoms with van der Waals surface area (Å²) in [7, 11) is 0. The Kier molecular flexibility index (Phi) is 4.23. The van der Waals surface area contributed by atoms with Crippen LogP contribution in [0.1, 0.15) is 5.89 Å². The van der Waals surface area contributed by atoms with Crippen LogP contribution in [0.3, 0.4) is 0 Å². The van der Waals surface area contributed by atoms with Crippen LogP contribution in [0.2, 0.25) is 0 Å². The van der Waals surface area contributed by atoms with Crippen LogP contribution in [0, 0.1) is 5.82 Å². The van der Waals surface area contributed by atoms with Crippen LogP contribution in [0.5, 0.6) is 0 Å². The van der Waals surface area contributed by atoms with Gasteiger partial charge in [0, 0.05) is 4.47 Å². The number of ether oxygens (including phenoxy) is 1. The van der Waals surface area contributed by atoms with Gasteiger partial charge in [-0.15, -0.1) is 10.2 Å². The smallest absolute Gasteiger partial charge is 0.329 e. The van der Waals surface area contributed by atoms with Crippen LogP contribution in [0.25, 0.3) is 11.5 Å². The fourth-order valence-electron chi connectivity index (χ4n) is 1.31. The van der Waals surface area contributed by atoms with Gasteiger partial charge in [0.25, 0.3) is 0 Å². The minimum atomic E-state index is -1.08. The summed E-state index contributed by atoms with van der Waals surface area (Å²) in [6.45, 7) is -0.546. The Labute approximate surface area is 115 Å². The van der Waals surface area contributed by atoms with Gasteiger partial charge in [0.05, 0.1) is 5.56 Å². The van der Waals surface area contributed by atoms with Gasteiger partial charge in [-0.1, -0.05) is 0 Å². The number of rotatable bonds is 5. The molecule has 0 radical (unpaired) electrons. The molecule has 0 aliphatic rings. The molecule has 1 aromatic carbocycles. The van der Waals surface area contributed by atoms with Crippen molar-refractivity contribution in [2.75, 3.05) is 6.61 Å². The highest BCUT2D eigenvalue weighted by atomic mass is 79.9. The average Bonchev–Trinajstić information content (AvgIpc) is 2.77. The second kappa shape index (κ2) is 5.89. The molecule has 0 bridgehead atoms. The summed E-state index contributed by atoms with van der Waals surface area (Å²) in [5.41, 5.74) is 0.540. The maximum atomic E-state index is 12.9. The van der Waals surface area contributed by atoms with E-state index in [2.05, 4.69) is 26.1 Å². The zero-order valence-electron chi connectivity index (χ0n) is 9.47. The summed E-state index contributed by atoms with van der Waals surface area (Å²) in [6.07, 6.45) is 0. The molecular weight excluding hydrogens is 323 g/mol.